The molecule has 0 fully saturated rings. The van der Waals surface area contributed by atoms with Crippen LogP contribution in [0, 0.1) is 6.92 Å². The van der Waals surface area contributed by atoms with Crippen LogP contribution in [-0.2, 0) is 6.54 Å². The molecule has 0 aromatic carbocycles. The number of hydrogen-bond acceptors (Lipinski definition) is 4. The van der Waals surface area contributed by atoms with Gasteiger partial charge in [-0.1, -0.05) is 17.7 Å². The summed E-state index contributed by atoms with van der Waals surface area (Å²) in [6, 6.07) is 5.74. The minimum absolute atomic E-state index is 0.0302. The van der Waals surface area contributed by atoms with Gasteiger partial charge in [0.25, 0.3) is 0 Å². The minimum atomic E-state index is -1.11. The number of carboxylic acids is 1. The van der Waals surface area contributed by atoms with Crippen molar-refractivity contribution in [1.82, 2.24) is 19.7 Å². The molecule has 7 heteroatoms. The Balaban J connectivity index is 2.05. The number of pyridine rings is 2. The molecule has 3 aromatic heterocycles. The topological polar surface area (TPSA) is 80.9 Å². The van der Waals surface area contributed by atoms with Gasteiger partial charge in [0.15, 0.2) is 5.65 Å². The monoisotopic (exact) mass is 302 g/mol. The molecule has 0 aliphatic rings. The van der Waals surface area contributed by atoms with Crippen LogP contribution in [0.1, 0.15) is 21.7 Å². The zero-order valence-corrected chi connectivity index (χ0v) is 11.9. The van der Waals surface area contributed by atoms with Gasteiger partial charge in [0.05, 0.1) is 34.4 Å². The average molecular weight is 303 g/mol. The van der Waals surface area contributed by atoms with Gasteiger partial charge in [-0.3, -0.25) is 4.98 Å². The molecule has 0 aliphatic carbocycles. The molecule has 0 aliphatic heterocycles. The fourth-order valence-electron chi connectivity index (χ4n) is 2.10. The summed E-state index contributed by atoms with van der Waals surface area (Å²) in [5, 5.41) is 13.9. The standard InChI is InChI=1S/C14H11ClN4O2/c1-8-3-2-4-9(18-8)7-19-13-10(6-17-19)12(15)11(5-16-13)14(20)21/h2-6H,7H2,1H3,(H,20,21). The van der Waals surface area contributed by atoms with E-state index in [9.17, 15) is 4.79 Å². The Morgan fingerprint density at radius 1 is 1.38 bits per heavy atom. The maximum atomic E-state index is 11.0. The van der Waals surface area contributed by atoms with Crippen LogP contribution in [0.25, 0.3) is 11.0 Å². The number of rotatable bonds is 3. The smallest absolute Gasteiger partial charge is 0.338 e. The third-order valence-electron chi connectivity index (χ3n) is 3.09. The molecule has 0 atom stereocenters. The number of hydrogen-bond donors (Lipinski definition) is 1. The number of nitrogens with zero attached hydrogens (tertiary/aromatic N) is 4. The number of carbonyl (C=O) groups is 1. The number of aromatic nitrogens is 4. The van der Waals surface area contributed by atoms with Crippen molar-refractivity contribution in [3.05, 3.63) is 52.6 Å². The maximum absolute atomic E-state index is 11.0. The number of fused-ring (bicyclic) bond motifs is 1. The van der Waals surface area contributed by atoms with Crippen molar-refractivity contribution >= 4 is 28.6 Å². The Kier molecular flexibility index (Phi) is 3.31. The molecule has 3 aromatic rings. The first-order chi connectivity index (χ1) is 10.1. The summed E-state index contributed by atoms with van der Waals surface area (Å²) in [4.78, 5) is 19.6. The predicted octanol–water partition coefficient (Wildman–Crippen LogP) is 2.53. The van der Waals surface area contributed by atoms with Crippen molar-refractivity contribution in [1.29, 1.82) is 0 Å². The molecule has 0 unspecified atom stereocenters. The second-order valence-corrected chi connectivity index (χ2v) is 4.98. The SMILES string of the molecule is Cc1cccc(Cn2ncc3c(Cl)c(C(=O)O)cnc32)n1. The lowest BCUT2D eigenvalue weighted by molar-refractivity contribution is 0.0697. The summed E-state index contributed by atoms with van der Waals surface area (Å²) < 4.78 is 1.65. The van der Waals surface area contributed by atoms with Crippen molar-refractivity contribution < 1.29 is 9.90 Å². The van der Waals surface area contributed by atoms with Gasteiger partial charge in [0, 0.05) is 11.9 Å². The second-order valence-electron chi connectivity index (χ2n) is 4.60. The molecule has 0 amide bonds. The van der Waals surface area contributed by atoms with Gasteiger partial charge in [0.1, 0.15) is 0 Å². The molecule has 0 bridgehead atoms. The van der Waals surface area contributed by atoms with Crippen molar-refractivity contribution in [3.63, 3.8) is 0 Å². The molecule has 3 rings (SSSR count). The van der Waals surface area contributed by atoms with Gasteiger partial charge in [-0.2, -0.15) is 5.10 Å². The normalized spacial score (nSPS) is 11.0. The van der Waals surface area contributed by atoms with E-state index in [-0.39, 0.29) is 10.6 Å². The van der Waals surface area contributed by atoms with E-state index >= 15 is 0 Å². The first-order valence-electron chi connectivity index (χ1n) is 6.22. The van der Waals surface area contributed by atoms with Gasteiger partial charge in [-0.15, -0.1) is 0 Å². The minimum Gasteiger partial charge on any atom is -0.478 e. The summed E-state index contributed by atoms with van der Waals surface area (Å²) in [7, 11) is 0. The van der Waals surface area contributed by atoms with Gasteiger partial charge in [0.2, 0.25) is 0 Å². The van der Waals surface area contributed by atoms with Crippen molar-refractivity contribution in [3.8, 4) is 0 Å². The summed E-state index contributed by atoms with van der Waals surface area (Å²) in [5.74, 6) is -1.11. The molecule has 3 heterocycles. The maximum Gasteiger partial charge on any atom is 0.338 e. The van der Waals surface area contributed by atoms with E-state index in [1.54, 1.807) is 4.68 Å². The van der Waals surface area contributed by atoms with Crippen LogP contribution in [0.4, 0.5) is 0 Å². The molecule has 1 N–H and O–H groups in total. The molecule has 0 radical (unpaired) electrons. The summed E-state index contributed by atoms with van der Waals surface area (Å²) >= 11 is 6.09. The van der Waals surface area contributed by atoms with Gasteiger partial charge in [-0.05, 0) is 19.1 Å². The van der Waals surface area contributed by atoms with E-state index in [0.717, 1.165) is 11.4 Å². The van der Waals surface area contributed by atoms with E-state index < -0.39 is 5.97 Å². The zero-order valence-electron chi connectivity index (χ0n) is 11.1. The Bertz CT molecular complexity index is 844. The fourth-order valence-corrected chi connectivity index (χ4v) is 2.37. The predicted molar refractivity (Wildman–Crippen MR) is 77.6 cm³/mol. The Morgan fingerprint density at radius 2 is 2.19 bits per heavy atom. The van der Waals surface area contributed by atoms with Gasteiger partial charge < -0.3 is 5.11 Å². The largest absolute Gasteiger partial charge is 0.478 e. The Hall–Kier alpha value is -2.47. The molecule has 106 valence electrons. The fraction of sp³-hybridized carbons (Fsp3) is 0.143. The molecule has 0 saturated carbocycles. The van der Waals surface area contributed by atoms with Crippen LogP contribution in [0.15, 0.2) is 30.6 Å². The van der Waals surface area contributed by atoms with E-state index in [0.29, 0.717) is 17.6 Å². The number of halogens is 1. The number of aryl methyl sites for hydroxylation is 1. The molecule has 0 spiro atoms. The highest BCUT2D eigenvalue weighted by atomic mass is 35.5. The molecule has 6 nitrogen and oxygen atoms in total. The van der Waals surface area contributed by atoms with Crippen molar-refractivity contribution in [2.45, 2.75) is 13.5 Å². The van der Waals surface area contributed by atoms with Crippen LogP contribution < -0.4 is 0 Å². The van der Waals surface area contributed by atoms with E-state index in [1.165, 1.54) is 12.4 Å². The van der Waals surface area contributed by atoms with Crippen molar-refractivity contribution in [2.75, 3.05) is 0 Å². The summed E-state index contributed by atoms with van der Waals surface area (Å²) in [6.45, 7) is 2.36. The third-order valence-corrected chi connectivity index (χ3v) is 3.50. The van der Waals surface area contributed by atoms with Crippen LogP contribution in [0.3, 0.4) is 0 Å². The average Bonchev–Trinajstić information content (AvgIpc) is 2.83. The molecule has 0 saturated heterocycles. The zero-order chi connectivity index (χ0) is 15.0. The lowest BCUT2D eigenvalue weighted by atomic mass is 10.2. The number of carboxylic acid groups (broad SMARTS) is 1. The lowest BCUT2D eigenvalue weighted by Gasteiger charge is -2.04. The van der Waals surface area contributed by atoms with E-state index in [1.807, 2.05) is 25.1 Å². The molecular weight excluding hydrogens is 292 g/mol. The van der Waals surface area contributed by atoms with Gasteiger partial charge in [-0.25, -0.2) is 14.5 Å². The second kappa shape index (κ2) is 5.14. The Morgan fingerprint density at radius 3 is 2.90 bits per heavy atom. The number of aromatic carboxylic acids is 1. The highest BCUT2D eigenvalue weighted by molar-refractivity contribution is 6.37. The third kappa shape index (κ3) is 2.45. The van der Waals surface area contributed by atoms with E-state index in [4.69, 9.17) is 16.7 Å². The van der Waals surface area contributed by atoms with Crippen LogP contribution in [0.5, 0.6) is 0 Å². The Labute approximate surface area is 125 Å². The van der Waals surface area contributed by atoms with Crippen LogP contribution in [-0.4, -0.2) is 30.8 Å². The van der Waals surface area contributed by atoms with E-state index in [2.05, 4.69) is 15.1 Å². The molecule has 21 heavy (non-hydrogen) atoms. The van der Waals surface area contributed by atoms with Crippen LogP contribution >= 0.6 is 11.6 Å². The van der Waals surface area contributed by atoms with Crippen LogP contribution in [0.2, 0.25) is 5.02 Å². The highest BCUT2D eigenvalue weighted by Gasteiger charge is 2.16. The van der Waals surface area contributed by atoms with Gasteiger partial charge >= 0.3 is 5.97 Å². The highest BCUT2D eigenvalue weighted by Crippen LogP contribution is 2.25. The first-order valence-corrected chi connectivity index (χ1v) is 6.60. The summed E-state index contributed by atoms with van der Waals surface area (Å²) in [5.41, 5.74) is 2.27. The molecular formula is C14H11ClN4O2. The first kappa shape index (κ1) is 13.5. The van der Waals surface area contributed by atoms with Crippen molar-refractivity contribution in [2.24, 2.45) is 0 Å². The summed E-state index contributed by atoms with van der Waals surface area (Å²) in [6.07, 6.45) is 2.77. The lowest BCUT2D eigenvalue weighted by Crippen LogP contribution is -2.05. The quantitative estimate of drug-likeness (QED) is 0.804.